The molecule has 4 heteroatoms. The number of anilines is 1. The summed E-state index contributed by atoms with van der Waals surface area (Å²) in [6.07, 6.45) is 4.44. The summed E-state index contributed by atoms with van der Waals surface area (Å²) in [7, 11) is 0. The summed E-state index contributed by atoms with van der Waals surface area (Å²) in [5.41, 5.74) is 3.15. The molecule has 26 heavy (non-hydrogen) atoms. The van der Waals surface area contributed by atoms with E-state index < -0.39 is 0 Å². The minimum absolute atomic E-state index is 0.165. The van der Waals surface area contributed by atoms with E-state index in [2.05, 4.69) is 38.2 Å². The molecule has 0 bridgehead atoms. The summed E-state index contributed by atoms with van der Waals surface area (Å²) < 4.78 is 11.0. The molecule has 136 valence electrons. The molecule has 0 aromatic heterocycles. The van der Waals surface area contributed by atoms with Gasteiger partial charge in [0.25, 0.3) is 0 Å². The highest BCUT2D eigenvalue weighted by atomic mass is 16.6. The van der Waals surface area contributed by atoms with Crippen LogP contribution in [-0.2, 0) is 10.2 Å². The van der Waals surface area contributed by atoms with Crippen molar-refractivity contribution >= 4 is 17.7 Å². The van der Waals surface area contributed by atoms with Crippen molar-refractivity contribution in [3.05, 3.63) is 59.7 Å². The van der Waals surface area contributed by atoms with Crippen LogP contribution in [0.3, 0.4) is 0 Å². The van der Waals surface area contributed by atoms with Crippen LogP contribution in [0, 0.1) is 0 Å². The second-order valence-corrected chi connectivity index (χ2v) is 7.04. The largest absolute Gasteiger partial charge is 0.486 e. The zero-order valence-corrected chi connectivity index (χ0v) is 15.5. The number of ether oxygens (including phenoxy) is 2. The normalized spacial score (nSPS) is 13.7. The van der Waals surface area contributed by atoms with Crippen molar-refractivity contribution in [3.8, 4) is 11.5 Å². The Bertz CT molecular complexity index is 807. The maximum atomic E-state index is 12.2. The molecule has 1 aliphatic rings. The SMILES string of the molecule is CCC(C)(C)c1ccc(/C=C/C(=O)Nc2ccc3c(c2)OCCO3)cc1. The zero-order valence-electron chi connectivity index (χ0n) is 15.5. The molecule has 0 fully saturated rings. The molecule has 1 N–H and O–H groups in total. The quantitative estimate of drug-likeness (QED) is 0.787. The van der Waals surface area contributed by atoms with Crippen LogP contribution < -0.4 is 14.8 Å². The summed E-state index contributed by atoms with van der Waals surface area (Å²) in [4.78, 5) is 12.2. The molecule has 3 rings (SSSR count). The first-order valence-corrected chi connectivity index (χ1v) is 8.97. The van der Waals surface area contributed by atoms with Crippen LogP contribution in [0.2, 0.25) is 0 Å². The van der Waals surface area contributed by atoms with Crippen LogP contribution in [-0.4, -0.2) is 19.1 Å². The van der Waals surface area contributed by atoms with E-state index in [4.69, 9.17) is 9.47 Å². The van der Waals surface area contributed by atoms with Gasteiger partial charge < -0.3 is 14.8 Å². The summed E-state index contributed by atoms with van der Waals surface area (Å²) in [6, 6.07) is 13.7. The van der Waals surface area contributed by atoms with Crippen molar-refractivity contribution < 1.29 is 14.3 Å². The lowest BCUT2D eigenvalue weighted by atomic mass is 9.82. The highest BCUT2D eigenvalue weighted by Crippen LogP contribution is 2.32. The van der Waals surface area contributed by atoms with Gasteiger partial charge in [0, 0.05) is 17.8 Å². The number of nitrogens with one attached hydrogen (secondary N) is 1. The van der Waals surface area contributed by atoms with Crippen molar-refractivity contribution in [1.82, 2.24) is 0 Å². The molecule has 0 atom stereocenters. The monoisotopic (exact) mass is 351 g/mol. The summed E-state index contributed by atoms with van der Waals surface area (Å²) in [5.74, 6) is 1.19. The fourth-order valence-corrected chi connectivity index (χ4v) is 2.73. The first kappa shape index (κ1) is 18.1. The molecule has 2 aromatic rings. The molecule has 0 aliphatic carbocycles. The highest BCUT2D eigenvalue weighted by molar-refractivity contribution is 6.02. The van der Waals surface area contributed by atoms with Gasteiger partial charge in [0.05, 0.1) is 0 Å². The number of hydrogen-bond acceptors (Lipinski definition) is 3. The fraction of sp³-hybridized carbons (Fsp3) is 0.318. The van der Waals surface area contributed by atoms with Gasteiger partial charge in [0.1, 0.15) is 13.2 Å². The van der Waals surface area contributed by atoms with Crippen molar-refractivity contribution in [2.24, 2.45) is 0 Å². The maximum absolute atomic E-state index is 12.2. The molecule has 0 saturated carbocycles. The van der Waals surface area contributed by atoms with Gasteiger partial charge in [0.15, 0.2) is 11.5 Å². The van der Waals surface area contributed by atoms with Gasteiger partial charge in [-0.05, 0) is 41.2 Å². The Morgan fingerprint density at radius 1 is 1.08 bits per heavy atom. The third-order valence-corrected chi connectivity index (χ3v) is 4.81. The molecule has 0 unspecified atom stereocenters. The molecule has 1 heterocycles. The van der Waals surface area contributed by atoms with E-state index in [0.29, 0.717) is 30.4 Å². The van der Waals surface area contributed by atoms with E-state index in [-0.39, 0.29) is 11.3 Å². The third kappa shape index (κ3) is 4.26. The summed E-state index contributed by atoms with van der Waals surface area (Å²) >= 11 is 0. The number of amides is 1. The number of carbonyl (C=O) groups excluding carboxylic acids is 1. The Labute approximate surface area is 154 Å². The molecule has 2 aromatic carbocycles. The van der Waals surface area contributed by atoms with E-state index in [0.717, 1.165) is 12.0 Å². The molecule has 4 nitrogen and oxygen atoms in total. The number of rotatable bonds is 5. The van der Waals surface area contributed by atoms with Crippen LogP contribution in [0.25, 0.3) is 6.08 Å². The van der Waals surface area contributed by atoms with Crippen LogP contribution in [0.5, 0.6) is 11.5 Å². The van der Waals surface area contributed by atoms with Gasteiger partial charge in [-0.15, -0.1) is 0 Å². The Kier molecular flexibility index (Phi) is 5.31. The van der Waals surface area contributed by atoms with Gasteiger partial charge in [-0.25, -0.2) is 0 Å². The predicted octanol–water partition coefficient (Wildman–Crippen LogP) is 4.80. The number of carbonyl (C=O) groups is 1. The van der Waals surface area contributed by atoms with Crippen LogP contribution in [0.15, 0.2) is 48.5 Å². The van der Waals surface area contributed by atoms with Crippen LogP contribution in [0.1, 0.15) is 38.3 Å². The molecule has 0 saturated heterocycles. The smallest absolute Gasteiger partial charge is 0.248 e. The fourth-order valence-electron chi connectivity index (χ4n) is 2.73. The van der Waals surface area contributed by atoms with E-state index >= 15 is 0 Å². The van der Waals surface area contributed by atoms with E-state index in [1.807, 2.05) is 24.3 Å². The average Bonchev–Trinajstić information content (AvgIpc) is 2.66. The summed E-state index contributed by atoms with van der Waals surface area (Å²) in [6.45, 7) is 7.73. The molecule has 1 aliphatic heterocycles. The molecular formula is C22H25NO3. The lowest BCUT2D eigenvalue weighted by molar-refractivity contribution is -0.111. The van der Waals surface area contributed by atoms with Crippen LogP contribution in [0.4, 0.5) is 5.69 Å². The molecule has 1 amide bonds. The number of hydrogen-bond donors (Lipinski definition) is 1. The maximum Gasteiger partial charge on any atom is 0.248 e. The van der Waals surface area contributed by atoms with Crippen molar-refractivity contribution in [2.75, 3.05) is 18.5 Å². The predicted molar refractivity (Wildman–Crippen MR) is 105 cm³/mol. The van der Waals surface area contributed by atoms with Crippen molar-refractivity contribution in [2.45, 2.75) is 32.6 Å². The first-order valence-electron chi connectivity index (χ1n) is 8.97. The molecule has 0 radical (unpaired) electrons. The minimum atomic E-state index is -0.181. The second kappa shape index (κ2) is 7.65. The Balaban J connectivity index is 1.63. The lowest BCUT2D eigenvalue weighted by Crippen LogP contribution is -2.16. The molecular weight excluding hydrogens is 326 g/mol. The lowest BCUT2D eigenvalue weighted by Gasteiger charge is -2.23. The third-order valence-electron chi connectivity index (χ3n) is 4.81. The van der Waals surface area contributed by atoms with E-state index in [1.54, 1.807) is 12.1 Å². The Morgan fingerprint density at radius 3 is 2.46 bits per heavy atom. The highest BCUT2D eigenvalue weighted by Gasteiger charge is 2.17. The van der Waals surface area contributed by atoms with Crippen LogP contribution >= 0.6 is 0 Å². The van der Waals surface area contributed by atoms with E-state index in [9.17, 15) is 4.79 Å². The van der Waals surface area contributed by atoms with Gasteiger partial charge in [-0.2, -0.15) is 0 Å². The Hall–Kier alpha value is -2.75. The first-order chi connectivity index (χ1) is 12.5. The van der Waals surface area contributed by atoms with Crippen molar-refractivity contribution in [1.29, 1.82) is 0 Å². The standard InChI is InChI=1S/C22H25NO3/c1-4-22(2,3)17-8-5-16(6-9-17)7-12-21(24)23-18-10-11-19-20(15-18)26-14-13-25-19/h5-12,15H,4,13-14H2,1-3H3,(H,23,24)/b12-7+. The van der Waals surface area contributed by atoms with E-state index in [1.165, 1.54) is 11.6 Å². The number of benzene rings is 2. The summed E-state index contributed by atoms with van der Waals surface area (Å²) in [5, 5.41) is 2.85. The second-order valence-electron chi connectivity index (χ2n) is 7.04. The van der Waals surface area contributed by atoms with Gasteiger partial charge in [0.2, 0.25) is 5.91 Å². The van der Waals surface area contributed by atoms with Crippen molar-refractivity contribution in [3.63, 3.8) is 0 Å². The van der Waals surface area contributed by atoms with Gasteiger partial charge in [-0.3, -0.25) is 4.79 Å². The topological polar surface area (TPSA) is 47.6 Å². The zero-order chi connectivity index (χ0) is 18.6. The average molecular weight is 351 g/mol. The molecule has 0 spiro atoms. The minimum Gasteiger partial charge on any atom is -0.486 e. The van der Waals surface area contributed by atoms with Gasteiger partial charge >= 0.3 is 0 Å². The number of fused-ring (bicyclic) bond motifs is 1. The Morgan fingerprint density at radius 2 is 1.77 bits per heavy atom. The van der Waals surface area contributed by atoms with Gasteiger partial charge in [-0.1, -0.05) is 45.0 Å².